The molecule has 0 unspecified atom stereocenters. The van der Waals surface area contributed by atoms with E-state index in [9.17, 15) is 4.79 Å². The number of aryl methyl sites for hydroxylation is 1. The van der Waals surface area contributed by atoms with Crippen LogP contribution in [-0.4, -0.2) is 28.5 Å². The summed E-state index contributed by atoms with van der Waals surface area (Å²) >= 11 is 1.62. The van der Waals surface area contributed by atoms with Crippen molar-refractivity contribution in [1.29, 1.82) is 0 Å². The minimum Gasteiger partial charge on any atom is -0.463 e. The van der Waals surface area contributed by atoms with Gasteiger partial charge in [-0.3, -0.25) is 4.79 Å². The summed E-state index contributed by atoms with van der Waals surface area (Å²) in [5, 5.41) is 2.10. The molecular weight excluding hydrogens is 370 g/mol. The molecule has 28 heavy (non-hydrogen) atoms. The van der Waals surface area contributed by atoms with Gasteiger partial charge in [-0.2, -0.15) is 0 Å². The fraction of sp³-hybridized carbons (Fsp3) is 0.364. The number of hydrogen-bond donors (Lipinski definition) is 0. The summed E-state index contributed by atoms with van der Waals surface area (Å²) in [5.41, 5.74) is 4.47. The quantitative estimate of drug-likeness (QED) is 0.609. The molecule has 2 aromatic heterocycles. The van der Waals surface area contributed by atoms with Crippen LogP contribution in [0.25, 0.3) is 11.5 Å². The maximum absolute atomic E-state index is 11.9. The Bertz CT molecular complexity index is 1030. The van der Waals surface area contributed by atoms with Gasteiger partial charge in [0.05, 0.1) is 17.6 Å². The van der Waals surface area contributed by atoms with Gasteiger partial charge in [-0.1, -0.05) is 12.1 Å². The summed E-state index contributed by atoms with van der Waals surface area (Å²) in [6.07, 6.45) is 4.27. The van der Waals surface area contributed by atoms with E-state index in [2.05, 4.69) is 35.9 Å². The Morgan fingerprint density at radius 2 is 2.07 bits per heavy atom. The molecule has 6 heteroatoms. The van der Waals surface area contributed by atoms with Crippen LogP contribution < -0.4 is 4.80 Å². The Morgan fingerprint density at radius 3 is 2.82 bits per heavy atom. The number of carbonyl (C=O) groups excluding carboxylic acids is 1. The van der Waals surface area contributed by atoms with Crippen molar-refractivity contribution < 1.29 is 9.21 Å². The van der Waals surface area contributed by atoms with E-state index >= 15 is 0 Å². The van der Waals surface area contributed by atoms with Crippen LogP contribution in [0.3, 0.4) is 0 Å². The highest BCUT2D eigenvalue weighted by molar-refractivity contribution is 7.07. The molecule has 0 aliphatic carbocycles. The molecule has 1 aromatic carbocycles. The Morgan fingerprint density at radius 1 is 1.18 bits per heavy atom. The number of amides is 1. The summed E-state index contributed by atoms with van der Waals surface area (Å²) in [4.78, 5) is 19.8. The molecule has 3 aromatic rings. The fourth-order valence-corrected chi connectivity index (χ4v) is 4.51. The molecule has 1 saturated heterocycles. The van der Waals surface area contributed by atoms with Crippen LogP contribution in [0.2, 0.25) is 0 Å². The van der Waals surface area contributed by atoms with Crippen molar-refractivity contribution >= 4 is 22.9 Å². The van der Waals surface area contributed by atoms with Gasteiger partial charge >= 0.3 is 0 Å². The molecule has 5 nitrogen and oxygen atoms in total. The van der Waals surface area contributed by atoms with Crippen molar-refractivity contribution in [3.05, 3.63) is 57.9 Å². The first-order valence-electron chi connectivity index (χ1n) is 9.74. The summed E-state index contributed by atoms with van der Waals surface area (Å²) in [5.74, 6) is 1.12. The molecule has 1 amide bonds. The van der Waals surface area contributed by atoms with Crippen LogP contribution in [0.1, 0.15) is 30.4 Å². The topological polar surface area (TPSA) is 50.7 Å². The number of aromatic nitrogens is 1. The highest BCUT2D eigenvalue weighted by Crippen LogP contribution is 2.24. The fourth-order valence-electron chi connectivity index (χ4n) is 3.58. The van der Waals surface area contributed by atoms with E-state index < -0.39 is 0 Å². The summed E-state index contributed by atoms with van der Waals surface area (Å²) < 4.78 is 7.86. The molecule has 0 N–H and O–H groups in total. The van der Waals surface area contributed by atoms with E-state index in [1.54, 1.807) is 17.6 Å². The van der Waals surface area contributed by atoms with Gasteiger partial charge in [-0.05, 0) is 56.0 Å². The van der Waals surface area contributed by atoms with Crippen molar-refractivity contribution in [2.75, 3.05) is 13.1 Å². The number of thiazole rings is 1. The predicted molar refractivity (Wildman–Crippen MR) is 112 cm³/mol. The Kier molecular flexibility index (Phi) is 5.48. The number of carbonyl (C=O) groups is 1. The molecule has 1 aliphatic heterocycles. The van der Waals surface area contributed by atoms with E-state index in [1.807, 2.05) is 23.1 Å². The van der Waals surface area contributed by atoms with E-state index in [0.717, 1.165) is 54.4 Å². The van der Waals surface area contributed by atoms with Gasteiger partial charge in [0.15, 0.2) is 10.6 Å². The monoisotopic (exact) mass is 395 g/mol. The van der Waals surface area contributed by atoms with E-state index in [-0.39, 0.29) is 5.91 Å². The third-order valence-electron chi connectivity index (χ3n) is 5.34. The minimum absolute atomic E-state index is 0.280. The van der Waals surface area contributed by atoms with E-state index in [0.29, 0.717) is 6.42 Å². The maximum Gasteiger partial charge on any atom is 0.222 e. The summed E-state index contributed by atoms with van der Waals surface area (Å²) in [6, 6.07) is 10.1. The Balaban J connectivity index is 1.65. The molecule has 1 fully saturated rings. The van der Waals surface area contributed by atoms with Gasteiger partial charge in [0.2, 0.25) is 5.91 Å². The van der Waals surface area contributed by atoms with Crippen LogP contribution in [0.15, 0.2) is 51.4 Å². The van der Waals surface area contributed by atoms with Crippen LogP contribution in [0, 0.1) is 13.8 Å². The summed E-state index contributed by atoms with van der Waals surface area (Å²) in [7, 11) is 0. The van der Waals surface area contributed by atoms with Gasteiger partial charge in [0.25, 0.3) is 0 Å². The van der Waals surface area contributed by atoms with Gasteiger partial charge in [0, 0.05) is 31.4 Å². The van der Waals surface area contributed by atoms with Crippen LogP contribution in [0.5, 0.6) is 0 Å². The number of furan rings is 1. The average Bonchev–Trinajstić information content (AvgIpc) is 3.42. The number of rotatable bonds is 6. The number of benzene rings is 1. The minimum atomic E-state index is 0.280. The zero-order valence-corrected chi connectivity index (χ0v) is 17.2. The van der Waals surface area contributed by atoms with Crippen molar-refractivity contribution in [2.24, 2.45) is 4.99 Å². The second kappa shape index (κ2) is 8.19. The maximum atomic E-state index is 11.9. The molecule has 4 rings (SSSR count). The standard InChI is InChI=1S/C22H25N3O2S/c1-16-7-3-8-18(17(16)2)23-22-25(13-6-12-24-11-4-10-21(24)26)19(15-28-22)20-9-5-14-27-20/h3,5,7-9,14-15H,4,6,10-13H2,1-2H3. The van der Waals surface area contributed by atoms with Crippen molar-refractivity contribution in [1.82, 2.24) is 9.47 Å². The van der Waals surface area contributed by atoms with Crippen LogP contribution >= 0.6 is 11.3 Å². The largest absolute Gasteiger partial charge is 0.463 e. The number of likely N-dealkylation sites (tertiary alicyclic amines) is 1. The molecule has 0 saturated carbocycles. The first kappa shape index (κ1) is 18.7. The predicted octanol–water partition coefficient (Wildman–Crippen LogP) is 4.67. The Labute approximate surface area is 169 Å². The second-order valence-electron chi connectivity index (χ2n) is 7.20. The lowest BCUT2D eigenvalue weighted by Gasteiger charge is -2.16. The lowest BCUT2D eigenvalue weighted by Crippen LogP contribution is -2.27. The first-order chi connectivity index (χ1) is 13.6. The third-order valence-corrected chi connectivity index (χ3v) is 6.21. The van der Waals surface area contributed by atoms with Gasteiger partial charge in [-0.25, -0.2) is 4.99 Å². The zero-order valence-electron chi connectivity index (χ0n) is 16.4. The normalized spacial score (nSPS) is 15.0. The van der Waals surface area contributed by atoms with Crippen molar-refractivity contribution in [3.8, 4) is 11.5 Å². The van der Waals surface area contributed by atoms with Gasteiger partial charge in [-0.15, -0.1) is 11.3 Å². The summed E-state index contributed by atoms with van der Waals surface area (Å²) in [6.45, 7) is 6.70. The van der Waals surface area contributed by atoms with Crippen LogP contribution in [-0.2, 0) is 11.3 Å². The Hall–Kier alpha value is -2.60. The number of hydrogen-bond acceptors (Lipinski definition) is 4. The SMILES string of the molecule is Cc1cccc(N=c2scc(-c3ccco3)n2CCCN2CCCC2=O)c1C. The van der Waals surface area contributed by atoms with Crippen molar-refractivity contribution in [2.45, 2.75) is 39.7 Å². The van der Waals surface area contributed by atoms with Crippen LogP contribution in [0.4, 0.5) is 5.69 Å². The molecule has 1 aliphatic rings. The lowest BCUT2D eigenvalue weighted by atomic mass is 10.1. The van der Waals surface area contributed by atoms with Gasteiger partial charge < -0.3 is 13.9 Å². The molecule has 0 radical (unpaired) electrons. The highest BCUT2D eigenvalue weighted by Gasteiger charge is 2.19. The molecular formula is C22H25N3O2S. The zero-order chi connectivity index (χ0) is 19.5. The lowest BCUT2D eigenvalue weighted by molar-refractivity contribution is -0.127. The first-order valence-corrected chi connectivity index (χ1v) is 10.6. The van der Waals surface area contributed by atoms with Crippen molar-refractivity contribution in [3.63, 3.8) is 0 Å². The molecule has 3 heterocycles. The molecule has 0 spiro atoms. The van der Waals surface area contributed by atoms with Gasteiger partial charge in [0.1, 0.15) is 0 Å². The average molecular weight is 396 g/mol. The number of nitrogens with zero attached hydrogens (tertiary/aromatic N) is 3. The molecule has 0 atom stereocenters. The highest BCUT2D eigenvalue weighted by atomic mass is 32.1. The second-order valence-corrected chi connectivity index (χ2v) is 8.04. The van der Waals surface area contributed by atoms with E-state index in [1.165, 1.54) is 11.1 Å². The smallest absolute Gasteiger partial charge is 0.222 e. The molecule has 146 valence electrons. The molecule has 0 bridgehead atoms. The van der Waals surface area contributed by atoms with E-state index in [4.69, 9.17) is 9.41 Å². The third kappa shape index (κ3) is 3.83.